The Hall–Kier alpha value is -1.45. The second kappa shape index (κ2) is 4.29. The van der Waals surface area contributed by atoms with Crippen molar-refractivity contribution in [2.75, 3.05) is 0 Å². The van der Waals surface area contributed by atoms with Crippen molar-refractivity contribution in [1.29, 1.82) is 0 Å². The Balaban J connectivity index is 1.95. The summed E-state index contributed by atoms with van der Waals surface area (Å²) in [5.74, 6) is -1.33. The molecule has 1 N–H and O–H groups in total. The molecule has 2 nitrogen and oxygen atoms in total. The summed E-state index contributed by atoms with van der Waals surface area (Å²) in [4.78, 5) is 11.7. The third-order valence-corrected chi connectivity index (χ3v) is 4.92. The number of rotatable bonds is 3. The molecule has 2 aliphatic rings. The van der Waals surface area contributed by atoms with Gasteiger partial charge in [-0.2, -0.15) is 0 Å². The van der Waals surface area contributed by atoms with Crippen molar-refractivity contribution in [2.45, 2.75) is 32.1 Å². The van der Waals surface area contributed by atoms with E-state index in [-0.39, 0.29) is 17.9 Å². The van der Waals surface area contributed by atoms with Gasteiger partial charge in [0.2, 0.25) is 0 Å². The van der Waals surface area contributed by atoms with E-state index in [0.717, 1.165) is 37.5 Å². The third-order valence-electron chi connectivity index (χ3n) is 4.92. The highest BCUT2D eigenvalue weighted by Gasteiger charge is 2.55. The molecule has 3 atom stereocenters. The lowest BCUT2D eigenvalue weighted by atomic mass is 9.69. The van der Waals surface area contributed by atoms with Gasteiger partial charge in [-0.3, -0.25) is 4.79 Å². The molecule has 1 aromatic rings. The quantitative estimate of drug-likeness (QED) is 0.910. The highest BCUT2D eigenvalue weighted by molar-refractivity contribution is 5.76. The fourth-order valence-electron chi connectivity index (χ4n) is 4.02. The average Bonchev–Trinajstić information content (AvgIpc) is 2.94. The molecular formula is C15H16F2O2. The molecule has 3 unspecified atom stereocenters. The zero-order valence-electron chi connectivity index (χ0n) is 10.5. The topological polar surface area (TPSA) is 37.3 Å². The van der Waals surface area contributed by atoms with E-state index in [0.29, 0.717) is 12.3 Å². The molecular weight excluding hydrogens is 250 g/mol. The zero-order valence-corrected chi connectivity index (χ0v) is 10.5. The largest absolute Gasteiger partial charge is 0.481 e. The van der Waals surface area contributed by atoms with Crippen LogP contribution in [-0.2, 0) is 11.2 Å². The molecule has 2 saturated carbocycles. The Labute approximate surface area is 110 Å². The molecule has 2 fully saturated rings. The van der Waals surface area contributed by atoms with Gasteiger partial charge in [0.15, 0.2) is 0 Å². The van der Waals surface area contributed by atoms with Crippen LogP contribution in [0, 0.1) is 28.9 Å². The summed E-state index contributed by atoms with van der Waals surface area (Å²) in [6.45, 7) is 0. The summed E-state index contributed by atoms with van der Waals surface area (Å²) < 4.78 is 27.0. The monoisotopic (exact) mass is 266 g/mol. The van der Waals surface area contributed by atoms with Gasteiger partial charge < -0.3 is 5.11 Å². The van der Waals surface area contributed by atoms with Crippen LogP contribution < -0.4 is 0 Å². The van der Waals surface area contributed by atoms with Crippen molar-refractivity contribution in [3.63, 3.8) is 0 Å². The van der Waals surface area contributed by atoms with E-state index < -0.39 is 23.0 Å². The van der Waals surface area contributed by atoms with E-state index in [4.69, 9.17) is 0 Å². The van der Waals surface area contributed by atoms with E-state index in [1.54, 1.807) is 0 Å². The summed E-state index contributed by atoms with van der Waals surface area (Å²) in [7, 11) is 0. The third kappa shape index (κ3) is 1.94. The summed E-state index contributed by atoms with van der Waals surface area (Å²) in [6, 6.07) is 3.27. The number of carboxylic acid groups (broad SMARTS) is 1. The van der Waals surface area contributed by atoms with Crippen LogP contribution in [0.25, 0.3) is 0 Å². The molecule has 1 aromatic carbocycles. The van der Waals surface area contributed by atoms with Gasteiger partial charge in [-0.15, -0.1) is 0 Å². The van der Waals surface area contributed by atoms with Crippen LogP contribution in [0.5, 0.6) is 0 Å². The predicted octanol–water partition coefficient (Wildman–Crippen LogP) is 3.40. The maximum absolute atomic E-state index is 13.7. The van der Waals surface area contributed by atoms with Crippen molar-refractivity contribution >= 4 is 5.97 Å². The SMILES string of the molecule is O=C(O)C1(Cc2cc(F)ccc2F)CC2CCC1C2. The number of hydrogen-bond donors (Lipinski definition) is 1. The first-order valence-corrected chi connectivity index (χ1v) is 6.68. The van der Waals surface area contributed by atoms with Gasteiger partial charge in [0.05, 0.1) is 5.41 Å². The van der Waals surface area contributed by atoms with Crippen LogP contribution in [0.3, 0.4) is 0 Å². The maximum atomic E-state index is 13.7. The molecule has 0 radical (unpaired) electrons. The van der Waals surface area contributed by atoms with E-state index in [9.17, 15) is 18.7 Å². The Morgan fingerprint density at radius 3 is 2.74 bits per heavy atom. The van der Waals surface area contributed by atoms with Crippen molar-refractivity contribution in [3.8, 4) is 0 Å². The second-order valence-corrected chi connectivity index (χ2v) is 5.95. The summed E-state index contributed by atoms with van der Waals surface area (Å²) in [6.07, 6.45) is 3.60. The number of hydrogen-bond acceptors (Lipinski definition) is 1. The number of benzene rings is 1. The maximum Gasteiger partial charge on any atom is 0.310 e. The van der Waals surface area contributed by atoms with Gasteiger partial charge in [0, 0.05) is 0 Å². The highest BCUT2D eigenvalue weighted by Crippen LogP contribution is 2.57. The molecule has 2 aliphatic carbocycles. The Morgan fingerprint density at radius 2 is 2.16 bits per heavy atom. The summed E-state index contributed by atoms with van der Waals surface area (Å²) >= 11 is 0. The number of fused-ring (bicyclic) bond motifs is 2. The van der Waals surface area contributed by atoms with Crippen LogP contribution in [0.4, 0.5) is 8.78 Å². The molecule has 4 heteroatoms. The van der Waals surface area contributed by atoms with Crippen molar-refractivity contribution < 1.29 is 18.7 Å². The van der Waals surface area contributed by atoms with E-state index >= 15 is 0 Å². The Kier molecular flexibility index (Phi) is 2.84. The normalized spacial score (nSPS) is 32.7. The zero-order chi connectivity index (χ0) is 13.6. The smallest absolute Gasteiger partial charge is 0.310 e. The molecule has 0 aliphatic heterocycles. The van der Waals surface area contributed by atoms with Gasteiger partial charge in [0.1, 0.15) is 11.6 Å². The van der Waals surface area contributed by atoms with Gasteiger partial charge in [0.25, 0.3) is 0 Å². The van der Waals surface area contributed by atoms with Crippen LogP contribution in [0.2, 0.25) is 0 Å². The standard InChI is InChI=1S/C15H16F2O2/c16-12-3-4-13(17)10(6-12)8-15(14(18)19)7-9-1-2-11(15)5-9/h3-4,6,9,11H,1-2,5,7-8H2,(H,18,19). The summed E-state index contributed by atoms with van der Waals surface area (Å²) in [5, 5.41) is 9.59. The number of aliphatic carboxylic acids is 1. The van der Waals surface area contributed by atoms with Crippen LogP contribution in [-0.4, -0.2) is 11.1 Å². The van der Waals surface area contributed by atoms with Gasteiger partial charge >= 0.3 is 5.97 Å². The van der Waals surface area contributed by atoms with E-state index in [1.807, 2.05) is 0 Å². The van der Waals surface area contributed by atoms with Crippen molar-refractivity contribution in [1.82, 2.24) is 0 Å². The average molecular weight is 266 g/mol. The molecule has 102 valence electrons. The lowest BCUT2D eigenvalue weighted by Gasteiger charge is -2.33. The minimum atomic E-state index is -0.891. The van der Waals surface area contributed by atoms with E-state index in [1.165, 1.54) is 0 Å². The Morgan fingerprint density at radius 1 is 1.37 bits per heavy atom. The minimum absolute atomic E-state index is 0.104. The predicted molar refractivity (Wildman–Crippen MR) is 65.6 cm³/mol. The first-order chi connectivity index (χ1) is 9.01. The van der Waals surface area contributed by atoms with Gasteiger partial charge in [-0.25, -0.2) is 8.78 Å². The molecule has 0 heterocycles. The van der Waals surface area contributed by atoms with Crippen LogP contribution in [0.15, 0.2) is 18.2 Å². The second-order valence-electron chi connectivity index (χ2n) is 5.95. The number of carbonyl (C=O) groups is 1. The van der Waals surface area contributed by atoms with Crippen LogP contribution in [0.1, 0.15) is 31.2 Å². The minimum Gasteiger partial charge on any atom is -0.481 e. The van der Waals surface area contributed by atoms with Crippen molar-refractivity contribution in [2.24, 2.45) is 17.3 Å². The molecule has 0 spiro atoms. The Bertz CT molecular complexity index is 529. The van der Waals surface area contributed by atoms with Crippen molar-refractivity contribution in [3.05, 3.63) is 35.4 Å². The lowest BCUT2D eigenvalue weighted by Crippen LogP contribution is -2.38. The molecule has 2 bridgehead atoms. The van der Waals surface area contributed by atoms with E-state index in [2.05, 4.69) is 0 Å². The highest BCUT2D eigenvalue weighted by atomic mass is 19.1. The molecule has 0 aromatic heterocycles. The molecule has 0 amide bonds. The fraction of sp³-hybridized carbons (Fsp3) is 0.533. The summed E-state index contributed by atoms with van der Waals surface area (Å²) in [5.41, 5.74) is -0.702. The number of halogens is 2. The van der Waals surface area contributed by atoms with Crippen LogP contribution >= 0.6 is 0 Å². The molecule has 0 saturated heterocycles. The molecule has 3 rings (SSSR count). The fourth-order valence-corrected chi connectivity index (χ4v) is 4.02. The number of carboxylic acids is 1. The first kappa shape index (κ1) is 12.6. The lowest BCUT2D eigenvalue weighted by molar-refractivity contribution is -0.152. The van der Waals surface area contributed by atoms with Gasteiger partial charge in [-0.1, -0.05) is 6.42 Å². The van der Waals surface area contributed by atoms with Gasteiger partial charge in [-0.05, 0) is 61.3 Å². The first-order valence-electron chi connectivity index (χ1n) is 6.68. The molecule has 19 heavy (non-hydrogen) atoms.